The highest BCUT2D eigenvalue weighted by molar-refractivity contribution is 7.84. The number of fused-ring (bicyclic) bond motifs is 3. The zero-order chi connectivity index (χ0) is 15.3. The maximum Gasteiger partial charge on any atom is 0.218 e. The fourth-order valence-corrected chi connectivity index (χ4v) is 4.67. The van der Waals surface area contributed by atoms with Gasteiger partial charge in [-0.05, 0) is 54.9 Å². The van der Waals surface area contributed by atoms with Crippen molar-refractivity contribution in [2.75, 3.05) is 6.26 Å². The highest BCUT2D eigenvalue weighted by Gasteiger charge is 2.42. The van der Waals surface area contributed by atoms with Gasteiger partial charge in [-0.1, -0.05) is 23.7 Å². The molecule has 0 N–H and O–H groups in total. The van der Waals surface area contributed by atoms with Gasteiger partial charge in [-0.25, -0.2) is 9.97 Å². The largest absolute Gasteiger partial charge is 0.251 e. The minimum absolute atomic E-state index is 0.147. The van der Waals surface area contributed by atoms with Crippen LogP contribution in [0.2, 0.25) is 5.02 Å². The van der Waals surface area contributed by atoms with E-state index in [1.807, 2.05) is 12.3 Å². The monoisotopic (exact) mass is 332 g/mol. The summed E-state index contributed by atoms with van der Waals surface area (Å²) in [6.07, 6.45) is 8.67. The van der Waals surface area contributed by atoms with Gasteiger partial charge in [0.2, 0.25) is 5.16 Å². The number of rotatable bonds is 1. The van der Waals surface area contributed by atoms with Crippen LogP contribution in [0.5, 0.6) is 0 Å². The number of benzene rings is 1. The molecular weight excluding hydrogens is 316 g/mol. The second kappa shape index (κ2) is 5.14. The standard InChI is InChI=1S/C17H17ClN2OS/c1-22(21)16-19-10-11-5-7-17(9-15(11)20-16)8-6-12-13(17)3-2-4-14(12)18/h2-4,10H,5-9H2,1H3/t17-,22?/m1/s1. The summed E-state index contributed by atoms with van der Waals surface area (Å²) in [5, 5.41) is 1.33. The molecule has 2 atom stereocenters. The Morgan fingerprint density at radius 3 is 2.91 bits per heavy atom. The van der Waals surface area contributed by atoms with Gasteiger partial charge in [0.05, 0.1) is 10.8 Å². The zero-order valence-electron chi connectivity index (χ0n) is 12.4. The third kappa shape index (κ3) is 2.12. The van der Waals surface area contributed by atoms with E-state index in [0.717, 1.165) is 42.8 Å². The van der Waals surface area contributed by atoms with Crippen LogP contribution in [0, 0.1) is 0 Å². The lowest BCUT2D eigenvalue weighted by molar-refractivity contribution is 0.361. The highest BCUT2D eigenvalue weighted by atomic mass is 35.5. The van der Waals surface area contributed by atoms with Crippen molar-refractivity contribution in [1.29, 1.82) is 0 Å². The minimum Gasteiger partial charge on any atom is -0.251 e. The predicted molar refractivity (Wildman–Crippen MR) is 87.8 cm³/mol. The lowest BCUT2D eigenvalue weighted by atomic mass is 9.70. The first kappa shape index (κ1) is 14.3. The Kier molecular flexibility index (Phi) is 3.35. The van der Waals surface area contributed by atoms with E-state index in [9.17, 15) is 4.21 Å². The lowest BCUT2D eigenvalue weighted by Crippen LogP contribution is -2.32. The van der Waals surface area contributed by atoms with Crippen LogP contribution in [0.25, 0.3) is 0 Å². The van der Waals surface area contributed by atoms with Crippen molar-refractivity contribution >= 4 is 22.4 Å². The van der Waals surface area contributed by atoms with Crippen molar-refractivity contribution in [2.24, 2.45) is 0 Å². The van der Waals surface area contributed by atoms with Crippen LogP contribution in [0.4, 0.5) is 0 Å². The van der Waals surface area contributed by atoms with Gasteiger partial charge in [-0.3, -0.25) is 4.21 Å². The average molecular weight is 333 g/mol. The van der Waals surface area contributed by atoms with Crippen LogP contribution < -0.4 is 0 Å². The molecule has 5 heteroatoms. The Labute approximate surface area is 137 Å². The van der Waals surface area contributed by atoms with Crippen LogP contribution in [0.15, 0.2) is 29.6 Å². The SMILES string of the molecule is CS(=O)c1ncc2c(n1)C[C@@]1(CC2)CCc2c(Cl)cccc21. The molecule has 0 radical (unpaired) electrons. The van der Waals surface area contributed by atoms with Crippen molar-refractivity contribution in [3.8, 4) is 0 Å². The van der Waals surface area contributed by atoms with Gasteiger partial charge in [0.1, 0.15) is 0 Å². The van der Waals surface area contributed by atoms with E-state index in [-0.39, 0.29) is 5.41 Å². The first-order valence-electron chi connectivity index (χ1n) is 7.55. The molecular formula is C17H17ClN2OS. The summed E-state index contributed by atoms with van der Waals surface area (Å²) in [6.45, 7) is 0. The van der Waals surface area contributed by atoms with Crippen LogP contribution in [0.3, 0.4) is 0 Å². The molecule has 4 rings (SSSR count). The van der Waals surface area contributed by atoms with Crippen molar-refractivity contribution in [3.63, 3.8) is 0 Å². The predicted octanol–water partition coefficient (Wildman–Crippen LogP) is 3.24. The van der Waals surface area contributed by atoms with Crippen LogP contribution in [-0.2, 0) is 35.5 Å². The maximum atomic E-state index is 11.7. The quantitative estimate of drug-likeness (QED) is 0.753. The molecule has 22 heavy (non-hydrogen) atoms. The zero-order valence-corrected chi connectivity index (χ0v) is 14.0. The second-order valence-corrected chi connectivity index (χ2v) is 7.98. The molecule has 2 aliphatic carbocycles. The lowest BCUT2D eigenvalue weighted by Gasteiger charge is -2.35. The number of aromatic nitrogens is 2. The molecule has 2 aromatic rings. The summed E-state index contributed by atoms with van der Waals surface area (Å²) in [6, 6.07) is 6.26. The Morgan fingerprint density at radius 2 is 2.09 bits per heavy atom. The summed E-state index contributed by atoms with van der Waals surface area (Å²) >= 11 is 6.37. The average Bonchev–Trinajstić information content (AvgIpc) is 2.86. The number of aryl methyl sites for hydroxylation is 1. The number of hydrogen-bond acceptors (Lipinski definition) is 3. The van der Waals surface area contributed by atoms with E-state index in [1.54, 1.807) is 6.26 Å². The third-order valence-corrected chi connectivity index (χ3v) is 6.18. The topological polar surface area (TPSA) is 42.9 Å². The normalized spacial score (nSPS) is 24.1. The van der Waals surface area contributed by atoms with Gasteiger partial charge >= 0.3 is 0 Å². The first-order chi connectivity index (χ1) is 10.6. The van der Waals surface area contributed by atoms with Crippen molar-refractivity contribution < 1.29 is 4.21 Å². The van der Waals surface area contributed by atoms with Crippen molar-refractivity contribution in [1.82, 2.24) is 9.97 Å². The molecule has 1 heterocycles. The van der Waals surface area contributed by atoms with E-state index in [4.69, 9.17) is 11.6 Å². The molecule has 0 amide bonds. The maximum absolute atomic E-state index is 11.7. The van der Waals surface area contributed by atoms with Gasteiger partial charge in [-0.15, -0.1) is 0 Å². The van der Waals surface area contributed by atoms with Crippen LogP contribution in [-0.4, -0.2) is 20.4 Å². The fourth-order valence-electron chi connectivity index (χ4n) is 3.96. The molecule has 1 spiro atoms. The molecule has 2 aliphatic rings. The van der Waals surface area contributed by atoms with Crippen LogP contribution in [0.1, 0.15) is 35.2 Å². The third-order valence-electron chi connectivity index (χ3n) is 5.11. The molecule has 0 fully saturated rings. The van der Waals surface area contributed by atoms with Crippen molar-refractivity contribution in [3.05, 3.63) is 51.8 Å². The van der Waals surface area contributed by atoms with Gasteiger partial charge in [0.25, 0.3) is 0 Å². The smallest absolute Gasteiger partial charge is 0.218 e. The Balaban J connectivity index is 1.78. The fraction of sp³-hybridized carbons (Fsp3) is 0.412. The van der Waals surface area contributed by atoms with Crippen molar-refractivity contribution in [2.45, 2.75) is 42.7 Å². The summed E-state index contributed by atoms with van der Waals surface area (Å²) < 4.78 is 11.7. The molecule has 1 aromatic heterocycles. The summed E-state index contributed by atoms with van der Waals surface area (Å²) in [5.41, 5.74) is 5.12. The molecule has 1 aromatic carbocycles. The van der Waals surface area contributed by atoms with Crippen LogP contribution >= 0.6 is 11.6 Å². The number of hydrogen-bond donors (Lipinski definition) is 0. The van der Waals surface area contributed by atoms with E-state index in [1.165, 1.54) is 16.7 Å². The molecule has 0 aliphatic heterocycles. The number of halogens is 1. The molecule has 0 bridgehead atoms. The van der Waals surface area contributed by atoms with Gasteiger partial charge < -0.3 is 0 Å². The van der Waals surface area contributed by atoms with Gasteiger partial charge in [0.15, 0.2) is 0 Å². The summed E-state index contributed by atoms with van der Waals surface area (Å²) in [4.78, 5) is 8.82. The van der Waals surface area contributed by atoms with E-state index in [0.29, 0.717) is 5.16 Å². The Hall–Kier alpha value is -1.26. The minimum atomic E-state index is -1.13. The Bertz CT molecular complexity index is 792. The Morgan fingerprint density at radius 1 is 1.27 bits per heavy atom. The number of nitrogens with zero attached hydrogens (tertiary/aromatic N) is 2. The van der Waals surface area contributed by atoms with E-state index >= 15 is 0 Å². The molecule has 3 nitrogen and oxygen atoms in total. The molecule has 114 valence electrons. The van der Waals surface area contributed by atoms with E-state index < -0.39 is 10.8 Å². The first-order valence-corrected chi connectivity index (χ1v) is 9.49. The summed E-state index contributed by atoms with van der Waals surface area (Å²) in [5.74, 6) is 0. The summed E-state index contributed by atoms with van der Waals surface area (Å²) in [7, 11) is -1.13. The van der Waals surface area contributed by atoms with Gasteiger partial charge in [-0.2, -0.15) is 0 Å². The molecule has 0 saturated carbocycles. The molecule has 0 saturated heterocycles. The van der Waals surface area contributed by atoms with E-state index in [2.05, 4.69) is 22.1 Å². The van der Waals surface area contributed by atoms with Gasteiger partial charge in [0, 0.05) is 28.6 Å². The molecule has 1 unspecified atom stereocenters. The highest BCUT2D eigenvalue weighted by Crippen LogP contribution is 2.48. The second-order valence-electron chi connectivity index (χ2n) is 6.30.